The standard InChI is InChI=1S/C14H16N2O6/c1-7-3-4-22-9-6-15-5-8(14(20)21-2)11(17)12(18)10(15)13(19)16(7)9/h5,7,9,18H,3-4,6H2,1-2H3/t7-,9+/m1/s1. The van der Waals surface area contributed by atoms with Crippen molar-refractivity contribution >= 4 is 11.9 Å². The summed E-state index contributed by atoms with van der Waals surface area (Å²) in [6.07, 6.45) is 1.45. The summed E-state index contributed by atoms with van der Waals surface area (Å²) >= 11 is 0. The van der Waals surface area contributed by atoms with Crippen molar-refractivity contribution in [3.63, 3.8) is 0 Å². The predicted octanol–water partition coefficient (Wildman–Crippen LogP) is -0.0688. The largest absolute Gasteiger partial charge is 0.503 e. The van der Waals surface area contributed by atoms with Gasteiger partial charge in [0.1, 0.15) is 5.56 Å². The van der Waals surface area contributed by atoms with E-state index in [-0.39, 0.29) is 23.8 Å². The number of rotatable bonds is 1. The molecule has 0 bridgehead atoms. The fourth-order valence-corrected chi connectivity index (χ4v) is 2.91. The Morgan fingerprint density at radius 3 is 2.86 bits per heavy atom. The molecule has 0 aliphatic carbocycles. The molecule has 2 aliphatic heterocycles. The minimum absolute atomic E-state index is 0.0465. The maximum Gasteiger partial charge on any atom is 0.343 e. The molecule has 0 radical (unpaired) electrons. The summed E-state index contributed by atoms with van der Waals surface area (Å²) < 4.78 is 11.5. The van der Waals surface area contributed by atoms with Crippen LogP contribution in [0.4, 0.5) is 0 Å². The molecule has 1 amide bonds. The Bertz CT molecular complexity index is 710. The van der Waals surface area contributed by atoms with Crippen LogP contribution in [0.1, 0.15) is 34.2 Å². The topological polar surface area (TPSA) is 98.1 Å². The lowest BCUT2D eigenvalue weighted by Gasteiger charge is -2.44. The highest BCUT2D eigenvalue weighted by Crippen LogP contribution is 2.29. The highest BCUT2D eigenvalue weighted by molar-refractivity contribution is 5.98. The van der Waals surface area contributed by atoms with Crippen molar-refractivity contribution in [1.82, 2.24) is 9.47 Å². The summed E-state index contributed by atoms with van der Waals surface area (Å²) in [4.78, 5) is 37.8. The molecule has 0 aromatic carbocycles. The van der Waals surface area contributed by atoms with Gasteiger partial charge in [0.05, 0.1) is 20.3 Å². The van der Waals surface area contributed by atoms with Crippen LogP contribution in [0.25, 0.3) is 0 Å². The number of esters is 1. The molecule has 1 aromatic rings. The van der Waals surface area contributed by atoms with Crippen LogP contribution in [0.15, 0.2) is 11.0 Å². The molecule has 1 saturated heterocycles. The lowest BCUT2D eigenvalue weighted by atomic mass is 10.1. The number of ether oxygens (including phenoxy) is 2. The average Bonchev–Trinajstić information content (AvgIpc) is 2.49. The van der Waals surface area contributed by atoms with E-state index in [4.69, 9.17) is 4.74 Å². The van der Waals surface area contributed by atoms with E-state index in [1.165, 1.54) is 15.7 Å². The van der Waals surface area contributed by atoms with Crippen LogP contribution in [-0.4, -0.2) is 52.4 Å². The van der Waals surface area contributed by atoms with Crippen LogP contribution in [0, 0.1) is 0 Å². The molecule has 8 nitrogen and oxygen atoms in total. The quantitative estimate of drug-likeness (QED) is 0.729. The first-order valence-electron chi connectivity index (χ1n) is 6.94. The number of hydrogen-bond donors (Lipinski definition) is 1. The van der Waals surface area contributed by atoms with Crippen LogP contribution in [-0.2, 0) is 16.0 Å². The van der Waals surface area contributed by atoms with Gasteiger partial charge in [-0.1, -0.05) is 0 Å². The zero-order chi connectivity index (χ0) is 16.0. The zero-order valence-electron chi connectivity index (χ0n) is 12.2. The molecule has 1 aromatic heterocycles. The Morgan fingerprint density at radius 1 is 1.45 bits per heavy atom. The smallest absolute Gasteiger partial charge is 0.343 e. The Hall–Kier alpha value is -2.35. The summed E-state index contributed by atoms with van der Waals surface area (Å²) in [7, 11) is 1.14. The molecular formula is C14H16N2O6. The van der Waals surface area contributed by atoms with Crippen LogP contribution in [0.3, 0.4) is 0 Å². The van der Waals surface area contributed by atoms with E-state index >= 15 is 0 Å². The number of methoxy groups -OCH3 is 1. The summed E-state index contributed by atoms with van der Waals surface area (Å²) in [6.45, 7) is 2.66. The third kappa shape index (κ3) is 1.98. The number of fused-ring (bicyclic) bond motifs is 2. The van der Waals surface area contributed by atoms with Crippen LogP contribution >= 0.6 is 0 Å². The lowest BCUT2D eigenvalue weighted by Crippen LogP contribution is -2.57. The van der Waals surface area contributed by atoms with Gasteiger partial charge in [-0.15, -0.1) is 0 Å². The fourth-order valence-electron chi connectivity index (χ4n) is 2.91. The number of carbonyl (C=O) groups excluding carboxylic acids is 2. The van der Waals surface area contributed by atoms with E-state index in [0.717, 1.165) is 7.11 Å². The number of hydrogen-bond acceptors (Lipinski definition) is 6. The van der Waals surface area contributed by atoms with Gasteiger partial charge in [-0.3, -0.25) is 9.59 Å². The van der Waals surface area contributed by atoms with Crippen molar-refractivity contribution < 1.29 is 24.2 Å². The molecule has 1 N–H and O–H groups in total. The van der Waals surface area contributed by atoms with Crippen molar-refractivity contribution in [2.24, 2.45) is 0 Å². The zero-order valence-corrected chi connectivity index (χ0v) is 12.2. The molecular weight excluding hydrogens is 292 g/mol. The molecule has 0 unspecified atom stereocenters. The molecule has 0 spiro atoms. The highest BCUT2D eigenvalue weighted by Gasteiger charge is 2.41. The van der Waals surface area contributed by atoms with Gasteiger partial charge in [0.2, 0.25) is 5.43 Å². The minimum Gasteiger partial charge on any atom is -0.503 e. The molecule has 2 atom stereocenters. The molecule has 3 rings (SSSR count). The van der Waals surface area contributed by atoms with Gasteiger partial charge in [0.25, 0.3) is 5.91 Å². The normalized spacial score (nSPS) is 23.7. The summed E-state index contributed by atoms with van der Waals surface area (Å²) in [5.41, 5.74) is -1.34. The molecule has 8 heteroatoms. The predicted molar refractivity (Wildman–Crippen MR) is 73.7 cm³/mol. The molecule has 2 aliphatic rings. The van der Waals surface area contributed by atoms with Crippen molar-refractivity contribution in [2.75, 3.05) is 13.7 Å². The Kier molecular flexibility index (Phi) is 3.40. The van der Waals surface area contributed by atoms with Gasteiger partial charge in [0, 0.05) is 12.2 Å². The van der Waals surface area contributed by atoms with Gasteiger partial charge < -0.3 is 24.0 Å². The molecule has 118 valence electrons. The summed E-state index contributed by atoms with van der Waals surface area (Å²) in [5.74, 6) is -2.07. The average molecular weight is 308 g/mol. The van der Waals surface area contributed by atoms with Crippen molar-refractivity contribution in [2.45, 2.75) is 32.2 Å². The second-order valence-corrected chi connectivity index (χ2v) is 5.39. The summed E-state index contributed by atoms with van der Waals surface area (Å²) in [6, 6.07) is -0.0465. The van der Waals surface area contributed by atoms with E-state index in [2.05, 4.69) is 4.74 Å². The maximum atomic E-state index is 12.6. The highest BCUT2D eigenvalue weighted by atomic mass is 16.5. The van der Waals surface area contributed by atoms with Crippen molar-refractivity contribution in [3.8, 4) is 5.75 Å². The Labute approximate surface area is 125 Å². The number of pyridine rings is 1. The van der Waals surface area contributed by atoms with Gasteiger partial charge in [-0.25, -0.2) is 4.79 Å². The molecule has 1 fully saturated rings. The summed E-state index contributed by atoms with van der Waals surface area (Å²) in [5, 5.41) is 10.1. The van der Waals surface area contributed by atoms with E-state index in [1.54, 1.807) is 0 Å². The van der Waals surface area contributed by atoms with Gasteiger partial charge >= 0.3 is 5.97 Å². The van der Waals surface area contributed by atoms with E-state index in [0.29, 0.717) is 13.0 Å². The second kappa shape index (κ2) is 5.13. The van der Waals surface area contributed by atoms with Crippen LogP contribution in [0.2, 0.25) is 0 Å². The number of nitrogens with zero attached hydrogens (tertiary/aromatic N) is 2. The lowest BCUT2D eigenvalue weighted by molar-refractivity contribution is -0.112. The first-order chi connectivity index (χ1) is 10.5. The Morgan fingerprint density at radius 2 is 2.18 bits per heavy atom. The van der Waals surface area contributed by atoms with E-state index < -0.39 is 29.3 Å². The van der Waals surface area contributed by atoms with E-state index in [1.807, 2.05) is 6.92 Å². The molecule has 3 heterocycles. The number of amides is 1. The van der Waals surface area contributed by atoms with Gasteiger partial charge in [-0.05, 0) is 13.3 Å². The first-order valence-corrected chi connectivity index (χ1v) is 6.94. The first kappa shape index (κ1) is 14.6. The number of aromatic nitrogens is 1. The van der Waals surface area contributed by atoms with Gasteiger partial charge in [0.15, 0.2) is 17.7 Å². The second-order valence-electron chi connectivity index (χ2n) is 5.39. The van der Waals surface area contributed by atoms with Crippen molar-refractivity contribution in [1.29, 1.82) is 0 Å². The van der Waals surface area contributed by atoms with Gasteiger partial charge in [-0.2, -0.15) is 0 Å². The monoisotopic (exact) mass is 308 g/mol. The third-order valence-corrected chi connectivity index (χ3v) is 4.08. The third-order valence-electron chi connectivity index (χ3n) is 4.08. The van der Waals surface area contributed by atoms with E-state index in [9.17, 15) is 19.5 Å². The fraction of sp³-hybridized carbons (Fsp3) is 0.500. The Balaban J connectivity index is 2.15. The minimum atomic E-state index is -0.907. The van der Waals surface area contributed by atoms with Crippen molar-refractivity contribution in [3.05, 3.63) is 27.7 Å². The SMILES string of the molecule is COC(=O)c1cn2c(c(O)c1=O)C(=O)N1[C@H](C)CCO[C@H]1C2. The molecule has 0 saturated carbocycles. The molecule has 22 heavy (non-hydrogen) atoms. The van der Waals surface area contributed by atoms with Crippen LogP contribution in [0.5, 0.6) is 5.75 Å². The van der Waals surface area contributed by atoms with Crippen LogP contribution < -0.4 is 5.43 Å². The maximum absolute atomic E-state index is 12.6. The number of carbonyl (C=O) groups is 2. The number of aromatic hydroxyl groups is 1.